The van der Waals surface area contributed by atoms with Gasteiger partial charge in [0.2, 0.25) is 0 Å². The minimum atomic E-state index is -0.311. The van der Waals surface area contributed by atoms with Crippen LogP contribution in [0.15, 0.2) is 22.9 Å². The summed E-state index contributed by atoms with van der Waals surface area (Å²) in [7, 11) is 3.18. The van der Waals surface area contributed by atoms with Crippen LogP contribution in [-0.2, 0) is 6.54 Å². The van der Waals surface area contributed by atoms with E-state index in [-0.39, 0.29) is 6.03 Å². The lowest BCUT2D eigenvalue weighted by Crippen LogP contribution is -2.28. The van der Waals surface area contributed by atoms with E-state index >= 15 is 0 Å². The van der Waals surface area contributed by atoms with Gasteiger partial charge in [-0.2, -0.15) is 0 Å². The molecule has 0 aliphatic carbocycles. The second kappa shape index (κ2) is 7.38. The van der Waals surface area contributed by atoms with Gasteiger partial charge in [0.05, 0.1) is 24.9 Å². The number of thiophene rings is 1. The van der Waals surface area contributed by atoms with Crippen molar-refractivity contribution in [3.63, 3.8) is 0 Å². The van der Waals surface area contributed by atoms with Crippen molar-refractivity contribution in [3.05, 3.63) is 39.0 Å². The van der Waals surface area contributed by atoms with Crippen molar-refractivity contribution < 1.29 is 14.3 Å². The fourth-order valence-corrected chi connectivity index (χ4v) is 2.98. The summed E-state index contributed by atoms with van der Waals surface area (Å²) in [5, 5.41) is 9.57. The molecule has 0 spiro atoms. The lowest BCUT2D eigenvalue weighted by molar-refractivity contribution is 0.251. The quantitative estimate of drug-likeness (QED) is 0.863. The zero-order chi connectivity index (χ0) is 16.1. The lowest BCUT2D eigenvalue weighted by Gasteiger charge is -2.15. The molecule has 118 valence electrons. The highest BCUT2D eigenvalue weighted by atomic mass is 35.5. The van der Waals surface area contributed by atoms with Crippen LogP contribution < -0.4 is 20.1 Å². The number of urea groups is 1. The lowest BCUT2D eigenvalue weighted by atomic mass is 10.1. The molecule has 0 radical (unpaired) electrons. The topological polar surface area (TPSA) is 59.6 Å². The van der Waals surface area contributed by atoms with Gasteiger partial charge < -0.3 is 20.1 Å². The molecule has 1 heterocycles. The average molecular weight is 341 g/mol. The summed E-state index contributed by atoms with van der Waals surface area (Å²) in [5.41, 5.74) is 2.48. The molecule has 0 atom stereocenters. The number of hydrogen-bond donors (Lipinski definition) is 2. The number of nitrogens with one attached hydrogen (secondary N) is 2. The molecule has 2 amide bonds. The Morgan fingerprint density at radius 3 is 2.64 bits per heavy atom. The summed E-state index contributed by atoms with van der Waals surface area (Å²) in [6.45, 7) is 2.30. The van der Waals surface area contributed by atoms with Crippen LogP contribution in [0.1, 0.15) is 11.1 Å². The first kappa shape index (κ1) is 16.5. The van der Waals surface area contributed by atoms with Crippen LogP contribution in [-0.4, -0.2) is 20.3 Å². The van der Waals surface area contributed by atoms with E-state index < -0.39 is 0 Å². The van der Waals surface area contributed by atoms with Crippen molar-refractivity contribution in [2.24, 2.45) is 0 Å². The van der Waals surface area contributed by atoms with Crippen LogP contribution in [0.4, 0.5) is 10.5 Å². The first-order valence-corrected chi connectivity index (χ1v) is 7.86. The molecule has 0 aliphatic heterocycles. The molecule has 2 N–H and O–H groups in total. The number of carbonyl (C=O) groups excluding carboxylic acids is 1. The first-order valence-electron chi connectivity index (χ1n) is 6.53. The monoisotopic (exact) mass is 340 g/mol. The van der Waals surface area contributed by atoms with Gasteiger partial charge in [-0.3, -0.25) is 0 Å². The zero-order valence-electron chi connectivity index (χ0n) is 12.5. The maximum absolute atomic E-state index is 11.9. The van der Waals surface area contributed by atoms with Crippen molar-refractivity contribution in [1.29, 1.82) is 0 Å². The molecule has 0 saturated carbocycles. The normalized spacial score (nSPS) is 10.2. The van der Waals surface area contributed by atoms with Gasteiger partial charge in [-0.1, -0.05) is 17.7 Å². The zero-order valence-corrected chi connectivity index (χ0v) is 14.1. The summed E-state index contributed by atoms with van der Waals surface area (Å²) in [5.74, 6) is 1.33. The summed E-state index contributed by atoms with van der Waals surface area (Å²) in [6, 6.07) is 3.40. The van der Waals surface area contributed by atoms with Gasteiger partial charge in [0.1, 0.15) is 0 Å². The highest BCUT2D eigenvalue weighted by Gasteiger charge is 2.12. The Labute approximate surface area is 138 Å². The number of rotatable bonds is 5. The van der Waals surface area contributed by atoms with Gasteiger partial charge in [-0.25, -0.2) is 4.79 Å². The summed E-state index contributed by atoms with van der Waals surface area (Å²) >= 11 is 7.37. The van der Waals surface area contributed by atoms with Crippen LogP contribution in [0.3, 0.4) is 0 Å². The number of amides is 2. The largest absolute Gasteiger partial charge is 0.493 e. The molecule has 0 fully saturated rings. The van der Waals surface area contributed by atoms with Crippen LogP contribution in [0.2, 0.25) is 5.02 Å². The molecule has 5 nitrogen and oxygen atoms in total. The highest BCUT2D eigenvalue weighted by molar-refractivity contribution is 7.09. The molecule has 1 aromatic heterocycles. The number of benzene rings is 1. The SMILES string of the molecule is COc1ccc(CNC(=O)Nc2cscc2Cl)c(C)c1OC. The maximum atomic E-state index is 11.9. The van der Waals surface area contributed by atoms with Gasteiger partial charge in [-0.15, -0.1) is 11.3 Å². The van der Waals surface area contributed by atoms with Crippen LogP contribution in [0.25, 0.3) is 0 Å². The van der Waals surface area contributed by atoms with Crippen LogP contribution in [0.5, 0.6) is 11.5 Å². The van der Waals surface area contributed by atoms with Gasteiger partial charge in [0.25, 0.3) is 0 Å². The molecule has 22 heavy (non-hydrogen) atoms. The number of hydrogen-bond acceptors (Lipinski definition) is 4. The van der Waals surface area contributed by atoms with Crippen LogP contribution >= 0.6 is 22.9 Å². The third-order valence-electron chi connectivity index (χ3n) is 3.21. The molecule has 1 aromatic carbocycles. The van der Waals surface area contributed by atoms with Crippen molar-refractivity contribution in [3.8, 4) is 11.5 Å². The van der Waals surface area contributed by atoms with Crippen LogP contribution in [0, 0.1) is 6.92 Å². The Bertz CT molecular complexity index is 673. The molecule has 2 aromatic rings. The molecule has 0 saturated heterocycles. The minimum absolute atomic E-state index is 0.311. The Balaban J connectivity index is 2.02. The van der Waals surface area contributed by atoms with Crippen molar-refractivity contribution >= 4 is 34.7 Å². The fourth-order valence-electron chi connectivity index (χ4n) is 2.03. The molecule has 0 aliphatic rings. The van der Waals surface area contributed by atoms with E-state index in [1.807, 2.05) is 19.1 Å². The first-order chi connectivity index (χ1) is 10.6. The third kappa shape index (κ3) is 3.64. The smallest absolute Gasteiger partial charge is 0.319 e. The Hall–Kier alpha value is -1.92. The fraction of sp³-hybridized carbons (Fsp3) is 0.267. The summed E-state index contributed by atoms with van der Waals surface area (Å²) < 4.78 is 10.6. The number of carbonyl (C=O) groups is 1. The molecule has 7 heteroatoms. The van der Waals surface area contributed by atoms with E-state index in [0.29, 0.717) is 28.8 Å². The number of anilines is 1. The van der Waals surface area contributed by atoms with E-state index in [0.717, 1.165) is 11.1 Å². The number of halogens is 1. The van der Waals surface area contributed by atoms with Gasteiger partial charge >= 0.3 is 6.03 Å². The Kier molecular flexibility index (Phi) is 5.51. The van der Waals surface area contributed by atoms with Gasteiger partial charge in [0, 0.05) is 17.3 Å². The standard InChI is InChI=1S/C15H17ClN2O3S/c1-9-10(4-5-13(20-2)14(9)21-3)6-17-15(19)18-12-8-22-7-11(12)16/h4-5,7-8H,6H2,1-3H3,(H2,17,18,19). The summed E-state index contributed by atoms with van der Waals surface area (Å²) in [6.07, 6.45) is 0. The van der Waals surface area contributed by atoms with Crippen molar-refractivity contribution in [1.82, 2.24) is 5.32 Å². The average Bonchev–Trinajstić information content (AvgIpc) is 2.90. The van der Waals surface area contributed by atoms with Crippen molar-refractivity contribution in [2.45, 2.75) is 13.5 Å². The number of ether oxygens (including phenoxy) is 2. The van der Waals surface area contributed by atoms with E-state index in [4.69, 9.17) is 21.1 Å². The second-order valence-corrected chi connectivity index (χ2v) is 5.68. The summed E-state index contributed by atoms with van der Waals surface area (Å²) in [4.78, 5) is 11.9. The predicted octanol–water partition coefficient (Wildman–Crippen LogP) is 4.05. The van der Waals surface area contributed by atoms with E-state index in [1.54, 1.807) is 25.0 Å². The van der Waals surface area contributed by atoms with E-state index in [2.05, 4.69) is 10.6 Å². The Morgan fingerprint density at radius 2 is 2.05 bits per heavy atom. The van der Waals surface area contributed by atoms with Gasteiger partial charge in [-0.05, 0) is 24.1 Å². The molecular weight excluding hydrogens is 324 g/mol. The minimum Gasteiger partial charge on any atom is -0.493 e. The maximum Gasteiger partial charge on any atom is 0.319 e. The highest BCUT2D eigenvalue weighted by Crippen LogP contribution is 2.32. The molecular formula is C15H17ClN2O3S. The molecule has 0 bridgehead atoms. The van der Waals surface area contributed by atoms with Gasteiger partial charge in [0.15, 0.2) is 11.5 Å². The molecule has 0 unspecified atom stereocenters. The van der Waals surface area contributed by atoms with E-state index in [9.17, 15) is 4.79 Å². The second-order valence-electron chi connectivity index (χ2n) is 4.53. The third-order valence-corrected chi connectivity index (χ3v) is 4.39. The Morgan fingerprint density at radius 1 is 1.27 bits per heavy atom. The van der Waals surface area contributed by atoms with Crippen molar-refractivity contribution in [2.75, 3.05) is 19.5 Å². The number of methoxy groups -OCH3 is 2. The van der Waals surface area contributed by atoms with E-state index in [1.165, 1.54) is 11.3 Å². The predicted molar refractivity (Wildman–Crippen MR) is 89.5 cm³/mol. The molecule has 2 rings (SSSR count).